The van der Waals surface area contributed by atoms with Crippen LogP contribution in [0, 0.1) is 28.6 Å². The Labute approximate surface area is 247 Å². The van der Waals surface area contributed by atoms with Crippen molar-refractivity contribution in [2.75, 3.05) is 23.7 Å². The number of hydrogen-bond acceptors (Lipinski definition) is 8. The molecule has 4 atom stereocenters. The van der Waals surface area contributed by atoms with Gasteiger partial charge in [-0.2, -0.15) is 0 Å². The zero-order chi connectivity index (χ0) is 31.5. The minimum Gasteiger partial charge on any atom is -0.481 e. The Kier molecular flexibility index (Phi) is 10.3. The van der Waals surface area contributed by atoms with E-state index in [1.807, 2.05) is 13.8 Å². The summed E-state index contributed by atoms with van der Waals surface area (Å²) in [7, 11) is -4.09. The van der Waals surface area contributed by atoms with Crippen molar-refractivity contribution in [2.45, 2.75) is 72.8 Å². The fourth-order valence-electron chi connectivity index (χ4n) is 6.44. The fraction of sp³-hybridized carbons (Fsp3) is 0.655. The molecule has 2 amide bonds. The average Bonchev–Trinajstić information content (AvgIpc) is 3.24. The minimum absolute atomic E-state index is 0.0867. The van der Waals surface area contributed by atoms with Crippen LogP contribution < -0.4 is 14.9 Å². The number of anilines is 1. The molecule has 3 N–H and O–H groups in total. The number of fused-ring (bicyclic) bond motifs is 2. The summed E-state index contributed by atoms with van der Waals surface area (Å²) in [6.07, 6.45) is 3.70. The molecule has 0 saturated heterocycles. The van der Waals surface area contributed by atoms with Crippen molar-refractivity contribution in [2.24, 2.45) is 28.6 Å². The minimum atomic E-state index is -4.09. The number of ketones is 2. The Hall–Kier alpha value is -3.19. The molecular weight excluding hydrogens is 564 g/mol. The molecule has 2 aliphatic carbocycles. The number of amides is 2. The second-order valence-corrected chi connectivity index (χ2v) is 14.1. The number of carboxylic acid groups (broad SMARTS) is 1. The Morgan fingerprint density at radius 3 is 2.29 bits per heavy atom. The van der Waals surface area contributed by atoms with Crippen molar-refractivity contribution in [3.8, 4) is 0 Å². The highest BCUT2D eigenvalue weighted by atomic mass is 32.2. The van der Waals surface area contributed by atoms with Gasteiger partial charge in [-0.3, -0.25) is 29.0 Å². The van der Waals surface area contributed by atoms with E-state index in [-0.39, 0.29) is 29.9 Å². The zero-order valence-electron chi connectivity index (χ0n) is 24.9. The zero-order valence-corrected chi connectivity index (χ0v) is 25.7. The quantitative estimate of drug-likeness (QED) is 0.269. The van der Waals surface area contributed by atoms with Crippen molar-refractivity contribution < 1.29 is 37.5 Å². The topological polar surface area (TPSA) is 180 Å². The Morgan fingerprint density at radius 1 is 1.14 bits per heavy atom. The number of Topliss-reactive ketones (excluding diaryl/α,β-unsaturated/α-hetero) is 2. The van der Waals surface area contributed by atoms with Gasteiger partial charge in [-0.25, -0.2) is 13.1 Å². The molecule has 13 heteroatoms. The van der Waals surface area contributed by atoms with Crippen LogP contribution >= 0.6 is 0 Å². The van der Waals surface area contributed by atoms with E-state index in [1.165, 1.54) is 4.90 Å². The molecule has 0 aliphatic heterocycles. The Bertz CT molecular complexity index is 1310. The van der Waals surface area contributed by atoms with Crippen molar-refractivity contribution in [1.82, 2.24) is 15.0 Å². The molecule has 2 bridgehead atoms. The first-order valence-electron chi connectivity index (χ1n) is 14.3. The predicted molar refractivity (Wildman–Crippen MR) is 155 cm³/mol. The first kappa shape index (κ1) is 33.3. The summed E-state index contributed by atoms with van der Waals surface area (Å²) in [6, 6.07) is 1.82. The SMILES string of the molecule is CCN(C(=O)CC(C(=O)NC(CC(=O)O)C(=O)CNS(=O)(=O)CC12CCC(CC1=O)C2(C)C)C(C)C)c1ccncc1. The third-order valence-electron chi connectivity index (χ3n) is 9.25. The number of pyridine rings is 1. The van der Waals surface area contributed by atoms with Crippen LogP contribution in [0.5, 0.6) is 0 Å². The van der Waals surface area contributed by atoms with E-state index in [0.29, 0.717) is 25.1 Å². The molecule has 0 radical (unpaired) electrons. The van der Waals surface area contributed by atoms with Gasteiger partial charge in [-0.05, 0) is 49.1 Å². The van der Waals surface area contributed by atoms with Crippen LogP contribution in [0.4, 0.5) is 5.69 Å². The predicted octanol–water partition coefficient (Wildman–Crippen LogP) is 1.94. The van der Waals surface area contributed by atoms with Gasteiger partial charge in [0.1, 0.15) is 5.78 Å². The van der Waals surface area contributed by atoms with Gasteiger partial charge in [0.05, 0.1) is 24.8 Å². The Balaban J connectivity index is 1.68. The molecule has 42 heavy (non-hydrogen) atoms. The summed E-state index contributed by atoms with van der Waals surface area (Å²) < 4.78 is 28.3. The van der Waals surface area contributed by atoms with Gasteiger partial charge < -0.3 is 15.3 Å². The van der Waals surface area contributed by atoms with Gasteiger partial charge in [0.25, 0.3) is 0 Å². The summed E-state index contributed by atoms with van der Waals surface area (Å²) >= 11 is 0. The van der Waals surface area contributed by atoms with E-state index < -0.39 is 69.2 Å². The van der Waals surface area contributed by atoms with Gasteiger partial charge in [-0.1, -0.05) is 27.7 Å². The summed E-state index contributed by atoms with van der Waals surface area (Å²) in [6.45, 7) is 8.68. The molecule has 1 aromatic heterocycles. The molecule has 0 aromatic carbocycles. The number of rotatable bonds is 15. The third kappa shape index (κ3) is 7.05. The number of carbonyl (C=O) groups is 5. The molecule has 232 valence electrons. The number of hydrogen-bond donors (Lipinski definition) is 3. The van der Waals surface area contributed by atoms with Crippen LogP contribution in [0.2, 0.25) is 0 Å². The number of aliphatic carboxylic acids is 1. The highest BCUT2D eigenvalue weighted by Gasteiger charge is 2.65. The fourth-order valence-corrected chi connectivity index (χ4v) is 8.23. The molecule has 4 unspecified atom stereocenters. The van der Waals surface area contributed by atoms with Gasteiger partial charge >= 0.3 is 5.97 Å². The standard InChI is InChI=1S/C29H42N4O8S/c1-6-33(20-8-11-30-12-9-20)25(36)14-21(18(2)3)27(39)32-22(15-26(37)38)23(34)16-31-42(40,41)17-29-10-7-19(13-24(29)35)28(29,4)5/h8-9,11-12,18-19,21-22,31H,6-7,10,13-17H2,1-5H3,(H,32,39)(H,37,38). The van der Waals surface area contributed by atoms with E-state index in [4.69, 9.17) is 0 Å². The highest BCUT2D eigenvalue weighted by Crippen LogP contribution is 2.64. The van der Waals surface area contributed by atoms with E-state index >= 15 is 0 Å². The van der Waals surface area contributed by atoms with E-state index in [0.717, 1.165) is 6.42 Å². The van der Waals surface area contributed by atoms with Crippen LogP contribution in [0.15, 0.2) is 24.5 Å². The summed E-state index contributed by atoms with van der Waals surface area (Å²) in [4.78, 5) is 69.2. The number of nitrogens with zero attached hydrogens (tertiary/aromatic N) is 2. The first-order chi connectivity index (χ1) is 19.5. The van der Waals surface area contributed by atoms with Gasteiger partial charge in [0, 0.05) is 48.8 Å². The summed E-state index contributed by atoms with van der Waals surface area (Å²) in [5, 5.41) is 11.8. The molecule has 3 rings (SSSR count). The van der Waals surface area contributed by atoms with Crippen molar-refractivity contribution in [3.05, 3.63) is 24.5 Å². The van der Waals surface area contributed by atoms with Crippen LogP contribution in [-0.2, 0) is 34.0 Å². The van der Waals surface area contributed by atoms with Gasteiger partial charge in [0.2, 0.25) is 21.8 Å². The van der Waals surface area contributed by atoms with E-state index in [2.05, 4.69) is 15.0 Å². The molecule has 0 spiro atoms. The molecule has 12 nitrogen and oxygen atoms in total. The van der Waals surface area contributed by atoms with Crippen molar-refractivity contribution >= 4 is 45.1 Å². The number of carbonyl (C=O) groups excluding carboxylic acids is 4. The maximum Gasteiger partial charge on any atom is 0.305 e. The van der Waals surface area contributed by atoms with Crippen LogP contribution in [-0.4, -0.2) is 72.7 Å². The lowest BCUT2D eigenvalue weighted by molar-refractivity contribution is -0.140. The summed E-state index contributed by atoms with van der Waals surface area (Å²) in [5.41, 5.74) is -0.903. The smallest absolute Gasteiger partial charge is 0.305 e. The lowest BCUT2D eigenvalue weighted by Crippen LogP contribution is -2.51. The highest BCUT2D eigenvalue weighted by molar-refractivity contribution is 7.89. The lowest BCUT2D eigenvalue weighted by Gasteiger charge is -2.36. The maximum absolute atomic E-state index is 13.3. The second-order valence-electron chi connectivity index (χ2n) is 12.3. The van der Waals surface area contributed by atoms with Gasteiger partial charge in [-0.15, -0.1) is 0 Å². The largest absolute Gasteiger partial charge is 0.481 e. The normalized spacial score (nSPS) is 22.5. The third-order valence-corrected chi connectivity index (χ3v) is 10.7. The van der Waals surface area contributed by atoms with Crippen LogP contribution in [0.25, 0.3) is 0 Å². The molecule has 2 aliphatic rings. The lowest BCUT2D eigenvalue weighted by atomic mass is 9.70. The van der Waals surface area contributed by atoms with E-state index in [1.54, 1.807) is 45.3 Å². The Morgan fingerprint density at radius 2 is 1.79 bits per heavy atom. The van der Waals surface area contributed by atoms with E-state index in [9.17, 15) is 37.5 Å². The molecule has 1 aromatic rings. The first-order valence-corrected chi connectivity index (χ1v) is 16.0. The molecule has 1 heterocycles. The average molecular weight is 607 g/mol. The number of nitrogens with one attached hydrogen (secondary N) is 2. The van der Waals surface area contributed by atoms with Crippen molar-refractivity contribution in [1.29, 1.82) is 0 Å². The van der Waals surface area contributed by atoms with Crippen LogP contribution in [0.1, 0.15) is 66.7 Å². The number of aromatic nitrogens is 1. The molecule has 2 fully saturated rings. The van der Waals surface area contributed by atoms with Gasteiger partial charge in [0.15, 0.2) is 5.78 Å². The molecular formula is C29H42N4O8S. The van der Waals surface area contributed by atoms with Crippen molar-refractivity contribution in [3.63, 3.8) is 0 Å². The molecule has 2 saturated carbocycles. The maximum atomic E-state index is 13.3. The van der Waals surface area contributed by atoms with Crippen LogP contribution in [0.3, 0.4) is 0 Å². The monoisotopic (exact) mass is 606 g/mol. The summed E-state index contributed by atoms with van der Waals surface area (Å²) in [5.74, 6) is -4.83. The second kappa shape index (κ2) is 13.0. The number of carboxylic acids is 1. The number of sulfonamides is 1.